The van der Waals surface area contributed by atoms with Gasteiger partial charge in [0.05, 0.1) is 25.6 Å². The summed E-state index contributed by atoms with van der Waals surface area (Å²) < 4.78 is 37.0. The maximum absolute atomic E-state index is 12.4. The fourth-order valence-electron chi connectivity index (χ4n) is 7.82. The quantitative estimate of drug-likeness (QED) is 0.0193. The number of unbranched alkanes of at least 4 members (excludes halogenated alkanes) is 3. The van der Waals surface area contributed by atoms with Gasteiger partial charge in [0.15, 0.2) is 0 Å². The Labute approximate surface area is 493 Å². The average Bonchev–Trinajstić information content (AvgIpc) is 4.04. The zero-order chi connectivity index (χ0) is 63.2. The normalized spacial score (nSPS) is 13.0. The van der Waals surface area contributed by atoms with E-state index in [1.807, 2.05) is 18.7 Å². The highest BCUT2D eigenvalue weighted by Crippen LogP contribution is 2.19. The van der Waals surface area contributed by atoms with Gasteiger partial charge in [-0.15, -0.1) is 0 Å². The Balaban J connectivity index is 0. The third-order valence-corrected chi connectivity index (χ3v) is 13.1. The summed E-state index contributed by atoms with van der Waals surface area (Å²) in [5.74, 6) is -2.89. The summed E-state index contributed by atoms with van der Waals surface area (Å²) in [6.45, 7) is 21.6. The number of hydrogen-bond acceptors (Lipinski definition) is 15. The molecule has 1 aliphatic heterocycles. The molecule has 4 amide bonds. The lowest BCUT2D eigenvalue weighted by Crippen LogP contribution is -2.48. The molecule has 2 aromatic carbocycles. The van der Waals surface area contributed by atoms with Gasteiger partial charge in [-0.25, -0.2) is 0 Å². The standard InChI is InChI=1S/C28H46BN5O6.C11H14FNO3S.C11H23NO2.C5H10O2.C3H6O2/c1-3-16-33(17-4-2)21-26(36)30-15-7-5-6-10-25(35)31-19-22-11-13-23(14-12-22)28(38)32-20-27(37)34-18-8-9-24(34)29(39)40;1-2-10(13)7-6-9-4-3-5-11(8-9)16-17(12,14)15;1-4-7-12(9-11(13)14)8-6-10(3)5-2;1-2-3-4-5(6)7;1-2-3(4)5/h11-14,24,39-40H,3-10,15-21H2,1-2H3,(H,30,36)(H,31,35)(H,32,38);2-5,8H,6-7,13H2,1H3;10H,4-9H2,1-3H3,(H,13,14);2-4H2,1H3,(H,6,7);2H2,1H3,(H,4,5)/b;10-2+;;;. The van der Waals surface area contributed by atoms with Gasteiger partial charge in [0.1, 0.15) is 5.75 Å². The van der Waals surface area contributed by atoms with E-state index in [0.29, 0.717) is 76.2 Å². The van der Waals surface area contributed by atoms with Crippen molar-refractivity contribution in [3.05, 3.63) is 77.0 Å². The SMILES string of the molecule is C/C=C(/N)CCc1cccc(OS(=O)(=O)F)c1.CCC(=O)O.CCCCC(=O)O.CCCN(CCC(C)CC)CC(=O)O.CCCN(CCC)CC(=O)NCCCCCC(=O)NCc1ccc(C(=O)NCC(=O)N2CCCC2B(O)O)cc1. The summed E-state index contributed by atoms with van der Waals surface area (Å²) in [4.78, 5) is 84.3. The van der Waals surface area contributed by atoms with Gasteiger partial charge in [0.25, 0.3) is 5.91 Å². The van der Waals surface area contributed by atoms with Crippen LogP contribution in [0.25, 0.3) is 0 Å². The van der Waals surface area contributed by atoms with Gasteiger partial charge in [0, 0.05) is 50.2 Å². The number of likely N-dealkylation sites (tertiary alicyclic amines) is 1. The average molecular weight is 1200 g/mol. The molecule has 1 saturated heterocycles. The number of hydrogen-bond donors (Lipinski definition) is 9. The van der Waals surface area contributed by atoms with Crippen LogP contribution in [0.1, 0.15) is 180 Å². The van der Waals surface area contributed by atoms with Crippen LogP contribution < -0.4 is 25.9 Å². The molecule has 25 heteroatoms. The van der Waals surface area contributed by atoms with Gasteiger partial charge in [-0.1, -0.05) is 102 Å². The third kappa shape index (κ3) is 44.1. The van der Waals surface area contributed by atoms with Crippen molar-refractivity contribution in [1.29, 1.82) is 0 Å². The van der Waals surface area contributed by atoms with Crippen molar-refractivity contribution in [3.63, 3.8) is 0 Å². The number of nitrogens with one attached hydrogen (secondary N) is 3. The molecule has 0 spiro atoms. The molecule has 0 radical (unpaired) electrons. The second-order valence-electron chi connectivity index (χ2n) is 20.0. The monoisotopic (exact) mass is 1200 g/mol. The lowest BCUT2D eigenvalue weighted by atomic mass is 9.78. The van der Waals surface area contributed by atoms with Gasteiger partial charge in [-0.2, -0.15) is 8.42 Å². The van der Waals surface area contributed by atoms with E-state index >= 15 is 0 Å². The zero-order valence-electron chi connectivity index (χ0n) is 50.5. The number of carboxylic acids is 3. The summed E-state index contributed by atoms with van der Waals surface area (Å²) in [6, 6.07) is 13.0. The molecule has 0 aliphatic carbocycles. The minimum Gasteiger partial charge on any atom is -0.481 e. The Morgan fingerprint density at radius 3 is 1.88 bits per heavy atom. The molecular formula is C58H99BFN7O15S. The molecule has 1 aliphatic rings. The van der Waals surface area contributed by atoms with E-state index in [9.17, 15) is 55.9 Å². The number of benzene rings is 2. The smallest absolute Gasteiger partial charge is 0.481 e. The molecule has 83 heavy (non-hydrogen) atoms. The van der Waals surface area contributed by atoms with Gasteiger partial charge >= 0.3 is 35.5 Å². The van der Waals surface area contributed by atoms with E-state index in [1.165, 1.54) is 23.5 Å². The molecule has 3 rings (SSSR count). The van der Waals surface area contributed by atoms with E-state index < -0.39 is 47.4 Å². The molecule has 0 aromatic heterocycles. The van der Waals surface area contributed by atoms with Crippen LogP contribution in [0.15, 0.2) is 60.3 Å². The number of aliphatic carboxylic acids is 3. The first-order chi connectivity index (χ1) is 39.3. The largest absolute Gasteiger partial charge is 0.488 e. The van der Waals surface area contributed by atoms with Crippen molar-refractivity contribution < 1.29 is 75.4 Å². The number of amides is 4. The molecule has 0 bridgehead atoms. The first-order valence-electron chi connectivity index (χ1n) is 29.1. The summed E-state index contributed by atoms with van der Waals surface area (Å²) in [6.07, 6.45) is 14.8. The molecule has 2 unspecified atom stereocenters. The fraction of sp³-hybridized carbons (Fsp3) is 0.638. The first-order valence-corrected chi connectivity index (χ1v) is 30.4. The van der Waals surface area contributed by atoms with Crippen LogP contribution in [0.5, 0.6) is 5.75 Å². The highest BCUT2D eigenvalue weighted by molar-refractivity contribution is 7.81. The number of aryl methyl sites for hydroxylation is 1. The van der Waals surface area contributed by atoms with E-state index in [1.54, 1.807) is 49.4 Å². The Bertz CT molecular complexity index is 2290. The predicted octanol–water partition coefficient (Wildman–Crippen LogP) is 6.87. The number of halogens is 1. The summed E-state index contributed by atoms with van der Waals surface area (Å²) in [5, 5.41) is 51.7. The summed E-state index contributed by atoms with van der Waals surface area (Å²) >= 11 is 0. The van der Waals surface area contributed by atoms with Crippen molar-refractivity contribution in [2.45, 2.75) is 177 Å². The van der Waals surface area contributed by atoms with Crippen molar-refractivity contribution >= 4 is 59.2 Å². The third-order valence-electron chi connectivity index (χ3n) is 12.7. The molecule has 472 valence electrons. The molecule has 10 N–H and O–H groups in total. The Morgan fingerprint density at radius 2 is 1.37 bits per heavy atom. The maximum Gasteiger partial charge on any atom is 0.488 e. The minimum absolute atomic E-state index is 0.0379. The summed E-state index contributed by atoms with van der Waals surface area (Å²) in [5.41, 5.74) is 8.44. The number of allylic oxidation sites excluding steroid dienone is 2. The number of carbonyl (C=O) groups is 7. The van der Waals surface area contributed by atoms with Gasteiger partial charge in [-0.05, 0) is 145 Å². The van der Waals surface area contributed by atoms with E-state index in [0.717, 1.165) is 101 Å². The van der Waals surface area contributed by atoms with Crippen molar-refractivity contribution in [2.75, 3.05) is 58.9 Å². The fourth-order valence-corrected chi connectivity index (χ4v) is 8.16. The highest BCUT2D eigenvalue weighted by Gasteiger charge is 2.36. The topological polar surface area (TPSA) is 336 Å². The molecule has 0 saturated carbocycles. The molecular weight excluding hydrogens is 1100 g/mol. The number of carboxylic acid groups (broad SMARTS) is 3. The van der Waals surface area contributed by atoms with Gasteiger partial charge in [-0.3, -0.25) is 43.4 Å². The van der Waals surface area contributed by atoms with Gasteiger partial charge in [0.2, 0.25) is 17.7 Å². The number of carbonyl (C=O) groups excluding carboxylic acids is 4. The molecule has 22 nitrogen and oxygen atoms in total. The first kappa shape index (κ1) is 78.9. The Kier molecular flexibility index (Phi) is 45.9. The van der Waals surface area contributed by atoms with Crippen molar-refractivity contribution in [3.8, 4) is 5.75 Å². The van der Waals surface area contributed by atoms with Gasteiger partial charge < -0.3 is 56.1 Å². The lowest BCUT2D eigenvalue weighted by Gasteiger charge is -2.24. The van der Waals surface area contributed by atoms with Crippen molar-refractivity contribution in [2.24, 2.45) is 11.7 Å². The second kappa shape index (κ2) is 48.3. The van der Waals surface area contributed by atoms with Crippen LogP contribution in [-0.2, 0) is 52.2 Å². The van der Waals surface area contributed by atoms with Crippen molar-refractivity contribution in [1.82, 2.24) is 30.7 Å². The highest BCUT2D eigenvalue weighted by atomic mass is 32.3. The molecule has 1 heterocycles. The van der Waals surface area contributed by atoms with Crippen LogP contribution in [0, 0.1) is 5.92 Å². The Morgan fingerprint density at radius 1 is 0.759 bits per heavy atom. The number of rotatable bonds is 35. The van der Waals surface area contributed by atoms with E-state index in [-0.39, 0.29) is 43.0 Å². The zero-order valence-corrected chi connectivity index (χ0v) is 51.4. The van der Waals surface area contributed by atoms with Crippen LogP contribution >= 0.6 is 0 Å². The molecule has 2 atom stereocenters. The summed E-state index contributed by atoms with van der Waals surface area (Å²) in [7, 11) is -6.56. The maximum atomic E-state index is 12.4. The van der Waals surface area contributed by atoms with Crippen LogP contribution in [0.3, 0.4) is 0 Å². The second-order valence-corrected chi connectivity index (χ2v) is 21.0. The molecule has 2 aromatic rings. The van der Waals surface area contributed by atoms with Crippen LogP contribution in [0.4, 0.5) is 3.89 Å². The molecule has 1 fully saturated rings. The lowest BCUT2D eigenvalue weighted by molar-refractivity contribution is -0.139. The van der Waals surface area contributed by atoms with E-state index in [4.69, 9.17) is 21.1 Å². The number of nitrogens with zero attached hydrogens (tertiary/aromatic N) is 3. The van der Waals surface area contributed by atoms with Crippen LogP contribution in [-0.4, -0.2) is 162 Å². The Hall–Kier alpha value is -6.15. The predicted molar refractivity (Wildman–Crippen MR) is 321 cm³/mol. The van der Waals surface area contributed by atoms with E-state index in [2.05, 4.69) is 59.7 Å². The van der Waals surface area contributed by atoms with Crippen LogP contribution in [0.2, 0.25) is 0 Å². The minimum atomic E-state index is -4.97. The number of nitrogens with two attached hydrogens (primary N) is 1.